The molecule has 0 atom stereocenters. The van der Waals surface area contributed by atoms with Gasteiger partial charge in [0.25, 0.3) is 0 Å². The van der Waals surface area contributed by atoms with E-state index in [1.807, 2.05) is 0 Å². The van der Waals surface area contributed by atoms with Gasteiger partial charge in [0.05, 0.1) is 22.3 Å². The van der Waals surface area contributed by atoms with E-state index in [-0.39, 0.29) is 29.5 Å². The summed E-state index contributed by atoms with van der Waals surface area (Å²) >= 11 is 0. The Labute approximate surface area is 241 Å². The molecule has 0 spiro atoms. The molecule has 2 aliphatic rings. The van der Waals surface area contributed by atoms with Crippen molar-refractivity contribution < 1.29 is 52.7 Å². The Bertz CT molecular complexity index is 1270. The van der Waals surface area contributed by atoms with Gasteiger partial charge in [-0.25, -0.2) is 0 Å². The SMILES string of the molecule is Nc1cc(C(F)(F)F)cc(C(F)(F)F)c1-c1c(NP(C2CCCCC2)C2CCCCC2)cc(C(F)(F)F)cc1C(F)(F)F. The lowest BCUT2D eigenvalue weighted by Crippen LogP contribution is -2.25. The van der Waals surface area contributed by atoms with Crippen molar-refractivity contribution in [1.82, 2.24) is 0 Å². The van der Waals surface area contributed by atoms with Gasteiger partial charge < -0.3 is 10.8 Å². The molecule has 2 aromatic carbocycles. The van der Waals surface area contributed by atoms with Crippen molar-refractivity contribution in [3.63, 3.8) is 0 Å². The largest absolute Gasteiger partial charge is 0.417 e. The summed E-state index contributed by atoms with van der Waals surface area (Å²) in [7, 11) is -1.54. The highest BCUT2D eigenvalue weighted by molar-refractivity contribution is 7.60. The van der Waals surface area contributed by atoms with Crippen LogP contribution in [0, 0.1) is 0 Å². The minimum Gasteiger partial charge on any atom is -0.398 e. The van der Waals surface area contributed by atoms with Crippen LogP contribution >= 0.6 is 8.07 Å². The Hall–Kier alpha value is -2.37. The topological polar surface area (TPSA) is 38.0 Å². The zero-order valence-corrected chi connectivity index (χ0v) is 23.5. The summed E-state index contributed by atoms with van der Waals surface area (Å²) in [5.74, 6) is 0. The number of nitrogen functional groups attached to an aromatic ring is 1. The Morgan fingerprint density at radius 3 is 1.33 bits per heavy atom. The molecule has 0 radical (unpaired) electrons. The van der Waals surface area contributed by atoms with Gasteiger partial charge in [0, 0.05) is 22.5 Å². The van der Waals surface area contributed by atoms with Crippen LogP contribution in [0.3, 0.4) is 0 Å². The minimum atomic E-state index is -5.63. The summed E-state index contributed by atoms with van der Waals surface area (Å²) in [5.41, 5.74) is -7.37. The molecule has 0 bridgehead atoms. The summed E-state index contributed by atoms with van der Waals surface area (Å²) in [6.45, 7) is 0. The van der Waals surface area contributed by atoms with E-state index in [4.69, 9.17) is 5.73 Å². The molecule has 2 saturated carbocycles. The summed E-state index contributed by atoms with van der Waals surface area (Å²) in [4.78, 5) is 0. The van der Waals surface area contributed by atoms with Crippen molar-refractivity contribution in [3.8, 4) is 11.1 Å². The van der Waals surface area contributed by atoms with Crippen LogP contribution in [0.15, 0.2) is 24.3 Å². The van der Waals surface area contributed by atoms with Crippen LogP contribution in [0.1, 0.15) is 86.5 Å². The third kappa shape index (κ3) is 7.65. The van der Waals surface area contributed by atoms with Gasteiger partial charge in [0.2, 0.25) is 0 Å². The van der Waals surface area contributed by atoms with Crippen LogP contribution in [0.5, 0.6) is 0 Å². The lowest BCUT2D eigenvalue weighted by Gasteiger charge is -2.39. The average molecular weight is 653 g/mol. The van der Waals surface area contributed by atoms with Crippen LogP contribution in [0.2, 0.25) is 0 Å². The van der Waals surface area contributed by atoms with E-state index < -0.39 is 77.5 Å². The molecule has 2 aromatic rings. The molecule has 2 nitrogen and oxygen atoms in total. The molecule has 0 unspecified atom stereocenters. The highest BCUT2D eigenvalue weighted by Crippen LogP contribution is 2.58. The standard InChI is InChI=1S/C28H29F12N2P/c29-25(30,31)15-11-19(27(35,36)37)23(21(41)13-15)24-20(28(38,39)40)12-16(26(32,33)34)14-22(24)42-43(17-7-3-1-4-8-17)18-9-5-2-6-10-18/h11-14,17-18,42H,1-10,41H2. The van der Waals surface area contributed by atoms with E-state index in [0.717, 1.165) is 38.5 Å². The third-order valence-electron chi connectivity index (χ3n) is 8.01. The number of nitrogens with one attached hydrogen (secondary N) is 1. The van der Waals surface area contributed by atoms with Crippen molar-refractivity contribution >= 4 is 19.4 Å². The van der Waals surface area contributed by atoms with E-state index in [1.54, 1.807) is 0 Å². The van der Waals surface area contributed by atoms with Gasteiger partial charge in [-0.2, -0.15) is 52.7 Å². The quantitative estimate of drug-likeness (QED) is 0.192. The minimum absolute atomic E-state index is 0.0667. The molecule has 0 aromatic heterocycles. The average Bonchev–Trinajstić information content (AvgIpc) is 2.90. The Kier molecular flexibility index (Phi) is 9.51. The molecule has 43 heavy (non-hydrogen) atoms. The first-order valence-corrected chi connectivity index (χ1v) is 15.2. The van der Waals surface area contributed by atoms with Gasteiger partial charge in [-0.05, 0) is 69.3 Å². The van der Waals surface area contributed by atoms with Gasteiger partial charge in [-0.15, -0.1) is 0 Å². The van der Waals surface area contributed by atoms with Gasteiger partial charge >= 0.3 is 24.7 Å². The molecule has 2 aliphatic carbocycles. The van der Waals surface area contributed by atoms with Crippen LogP contribution in [0.25, 0.3) is 11.1 Å². The van der Waals surface area contributed by atoms with Crippen molar-refractivity contribution in [2.45, 2.75) is 100 Å². The smallest absolute Gasteiger partial charge is 0.398 e. The maximum Gasteiger partial charge on any atom is 0.417 e. The third-order valence-corrected chi connectivity index (χ3v) is 11.1. The second kappa shape index (κ2) is 12.2. The van der Waals surface area contributed by atoms with E-state index in [1.165, 1.54) is 0 Å². The number of nitrogens with two attached hydrogens (primary N) is 1. The molecule has 15 heteroatoms. The van der Waals surface area contributed by atoms with E-state index in [2.05, 4.69) is 5.09 Å². The second-order valence-electron chi connectivity index (χ2n) is 11.0. The summed E-state index contributed by atoms with van der Waals surface area (Å²) in [5, 5.41) is 2.88. The fourth-order valence-electron chi connectivity index (χ4n) is 6.06. The van der Waals surface area contributed by atoms with Gasteiger partial charge in [0.1, 0.15) is 0 Å². The molecule has 4 rings (SSSR count). The second-order valence-corrected chi connectivity index (χ2v) is 13.5. The number of rotatable bonds is 5. The summed E-state index contributed by atoms with van der Waals surface area (Å²) in [6.07, 6.45) is -14.4. The first-order valence-electron chi connectivity index (χ1n) is 13.7. The molecular formula is C28H29F12N2P. The monoisotopic (exact) mass is 652 g/mol. The molecule has 0 heterocycles. The van der Waals surface area contributed by atoms with Crippen molar-refractivity contribution in [1.29, 1.82) is 0 Å². The number of hydrogen-bond donors (Lipinski definition) is 2. The molecule has 240 valence electrons. The lowest BCUT2D eigenvalue weighted by molar-refractivity contribution is -0.145. The fraction of sp³-hybridized carbons (Fsp3) is 0.571. The zero-order valence-electron chi connectivity index (χ0n) is 22.6. The molecular weight excluding hydrogens is 623 g/mol. The first-order chi connectivity index (χ1) is 19.8. The fourth-order valence-corrected chi connectivity index (χ4v) is 9.31. The van der Waals surface area contributed by atoms with E-state index in [9.17, 15) is 52.7 Å². The van der Waals surface area contributed by atoms with Crippen molar-refractivity contribution in [2.75, 3.05) is 10.8 Å². The number of hydrogen-bond acceptors (Lipinski definition) is 2. The first kappa shape index (κ1) is 33.5. The maximum atomic E-state index is 14.5. The van der Waals surface area contributed by atoms with Gasteiger partial charge in [-0.1, -0.05) is 38.5 Å². The highest BCUT2D eigenvalue weighted by Gasteiger charge is 2.45. The molecule has 3 N–H and O–H groups in total. The van der Waals surface area contributed by atoms with E-state index in [0.29, 0.717) is 31.7 Å². The summed E-state index contributed by atoms with van der Waals surface area (Å²) < 4.78 is 168. The number of alkyl halides is 12. The Balaban J connectivity index is 2.06. The lowest BCUT2D eigenvalue weighted by atomic mass is 9.89. The van der Waals surface area contributed by atoms with E-state index >= 15 is 0 Å². The van der Waals surface area contributed by atoms with Gasteiger partial charge in [-0.3, -0.25) is 0 Å². The Morgan fingerprint density at radius 2 is 0.930 bits per heavy atom. The Morgan fingerprint density at radius 1 is 0.535 bits per heavy atom. The summed E-state index contributed by atoms with van der Waals surface area (Å²) in [6, 6.07) is -0.292. The predicted molar refractivity (Wildman–Crippen MR) is 141 cm³/mol. The van der Waals surface area contributed by atoms with Gasteiger partial charge in [0.15, 0.2) is 0 Å². The van der Waals surface area contributed by atoms with Crippen molar-refractivity contribution in [3.05, 3.63) is 46.5 Å². The van der Waals surface area contributed by atoms with Crippen LogP contribution < -0.4 is 10.8 Å². The molecule has 0 aliphatic heterocycles. The zero-order chi connectivity index (χ0) is 32.0. The maximum absolute atomic E-state index is 14.5. The number of halogens is 12. The predicted octanol–water partition coefficient (Wildman–Crippen LogP) is 11.5. The van der Waals surface area contributed by atoms with Crippen molar-refractivity contribution in [2.24, 2.45) is 0 Å². The molecule has 2 fully saturated rings. The molecule has 0 saturated heterocycles. The number of benzene rings is 2. The highest BCUT2D eigenvalue weighted by atomic mass is 31.1. The molecule has 0 amide bonds. The normalized spacial score (nSPS) is 18.3. The number of anilines is 2. The van der Waals surface area contributed by atoms with Crippen LogP contribution in [-0.4, -0.2) is 11.3 Å². The van der Waals surface area contributed by atoms with Crippen LogP contribution in [-0.2, 0) is 24.7 Å². The van der Waals surface area contributed by atoms with Crippen LogP contribution in [0.4, 0.5) is 64.1 Å².